The van der Waals surface area contributed by atoms with Crippen LogP contribution in [0.3, 0.4) is 0 Å². The van der Waals surface area contributed by atoms with Crippen molar-refractivity contribution in [3.63, 3.8) is 0 Å². The van der Waals surface area contributed by atoms with E-state index in [1.165, 1.54) is 38.5 Å². The maximum Gasteiger partial charge on any atom is 0.182 e. The zero-order valence-electron chi connectivity index (χ0n) is 15.6. The Hall–Kier alpha value is -0.755. The van der Waals surface area contributed by atoms with E-state index in [1.807, 2.05) is 0 Å². The van der Waals surface area contributed by atoms with Crippen molar-refractivity contribution in [3.8, 4) is 0 Å². The molecule has 0 aliphatic carbocycles. The van der Waals surface area contributed by atoms with E-state index >= 15 is 0 Å². The van der Waals surface area contributed by atoms with Crippen LogP contribution in [0.15, 0.2) is 24.3 Å². The van der Waals surface area contributed by atoms with E-state index < -0.39 is 0 Å². The topological polar surface area (TPSA) is 3.24 Å². The predicted octanol–water partition coefficient (Wildman–Crippen LogP) is 4.97. The third kappa shape index (κ3) is 4.21. The third-order valence-corrected chi connectivity index (χ3v) is 5.91. The molecule has 1 aromatic carbocycles. The fourth-order valence-electron chi connectivity index (χ4n) is 5.34. The van der Waals surface area contributed by atoms with E-state index in [9.17, 15) is 0 Å². The van der Waals surface area contributed by atoms with Crippen LogP contribution in [0.4, 0.5) is 0 Å². The molecule has 0 saturated carbocycles. The monoisotopic (exact) mass is 311 g/mol. The van der Waals surface area contributed by atoms with Gasteiger partial charge in [0.25, 0.3) is 0 Å². The largest absolute Gasteiger partial charge is 0.302 e. The molecule has 2 fully saturated rings. The first kappa shape index (κ1) is 17.1. The molecule has 0 amide bonds. The zero-order chi connectivity index (χ0) is 16.4. The second-order valence-electron chi connectivity index (χ2n) is 9.34. The van der Waals surface area contributed by atoms with Gasteiger partial charge in [0.05, 0.1) is 0 Å². The second kappa shape index (κ2) is 7.01. The summed E-state index contributed by atoms with van der Waals surface area (Å²) in [7, 11) is 2.28. The average molecular weight is 311 g/mol. The van der Waals surface area contributed by atoms with Crippen LogP contribution in [-0.4, -0.2) is 25.2 Å². The highest BCUT2D eigenvalue weighted by Gasteiger charge is 2.40. The van der Waals surface area contributed by atoms with Gasteiger partial charge in [0.15, 0.2) is 6.71 Å². The fourth-order valence-corrected chi connectivity index (χ4v) is 5.34. The number of nitrogens with zero attached hydrogens (tertiary/aromatic N) is 1. The van der Waals surface area contributed by atoms with Gasteiger partial charge in [0.2, 0.25) is 0 Å². The molecular weight excluding hydrogens is 277 g/mol. The first-order valence-corrected chi connectivity index (χ1v) is 9.70. The molecule has 0 unspecified atom stereocenters. The summed E-state index contributed by atoms with van der Waals surface area (Å²) >= 11 is 0. The maximum absolute atomic E-state index is 2.51. The van der Waals surface area contributed by atoms with Crippen LogP contribution in [0.2, 0.25) is 11.6 Å². The van der Waals surface area contributed by atoms with Gasteiger partial charge in [-0.1, -0.05) is 101 Å². The number of benzene rings is 1. The molecule has 2 bridgehead atoms. The molecule has 1 aromatic rings. The minimum Gasteiger partial charge on any atom is -0.302 e. The van der Waals surface area contributed by atoms with Gasteiger partial charge < -0.3 is 4.90 Å². The molecule has 0 aromatic heterocycles. The summed E-state index contributed by atoms with van der Waals surface area (Å²) in [6, 6.07) is 9.34. The van der Waals surface area contributed by atoms with Crippen LogP contribution >= 0.6 is 0 Å². The highest BCUT2D eigenvalue weighted by Crippen LogP contribution is 2.46. The van der Waals surface area contributed by atoms with Crippen molar-refractivity contribution >= 4 is 12.2 Å². The SMILES string of the molecule is CN(Cc1ccccc1B1C2CCCC1CCC2)CC(C)(C)C. The lowest BCUT2D eigenvalue weighted by Crippen LogP contribution is -2.46. The highest BCUT2D eigenvalue weighted by molar-refractivity contribution is 6.76. The van der Waals surface area contributed by atoms with Gasteiger partial charge in [-0.05, 0) is 18.0 Å². The van der Waals surface area contributed by atoms with E-state index in [0.717, 1.165) is 31.4 Å². The Labute approximate surface area is 143 Å². The molecule has 23 heavy (non-hydrogen) atoms. The smallest absolute Gasteiger partial charge is 0.182 e. The van der Waals surface area contributed by atoms with Crippen molar-refractivity contribution in [2.45, 2.75) is 77.5 Å². The summed E-state index contributed by atoms with van der Waals surface area (Å²) < 4.78 is 0. The Morgan fingerprint density at radius 2 is 1.57 bits per heavy atom. The van der Waals surface area contributed by atoms with Crippen molar-refractivity contribution in [2.75, 3.05) is 13.6 Å². The number of fused-ring (bicyclic) bond motifs is 2. The lowest BCUT2D eigenvalue weighted by atomic mass is 9.24. The van der Waals surface area contributed by atoms with Gasteiger partial charge in [-0.25, -0.2) is 0 Å². The molecule has 0 spiro atoms. The molecule has 2 saturated heterocycles. The summed E-state index contributed by atoms with van der Waals surface area (Å²) in [6.07, 6.45) is 8.80. The standard InChI is InChI=1S/C21H34BN/c1-21(2,3)16-23(4)15-17-9-5-6-14-20(17)22-18-10-7-11-19(22)13-8-12-18/h5-6,9,14,18-19H,7-8,10-13,15-16H2,1-4H3. The van der Waals surface area contributed by atoms with E-state index in [2.05, 4.69) is 57.0 Å². The minimum atomic E-state index is 0.366. The Morgan fingerprint density at radius 3 is 2.13 bits per heavy atom. The molecule has 0 radical (unpaired) electrons. The van der Waals surface area contributed by atoms with Crippen LogP contribution in [0.25, 0.3) is 0 Å². The van der Waals surface area contributed by atoms with Crippen LogP contribution in [0, 0.1) is 5.41 Å². The predicted molar refractivity (Wildman–Crippen MR) is 103 cm³/mol. The van der Waals surface area contributed by atoms with Gasteiger partial charge in [-0.2, -0.15) is 0 Å². The zero-order valence-corrected chi connectivity index (χ0v) is 15.6. The summed E-state index contributed by atoms with van der Waals surface area (Å²) in [6.45, 7) is 10.1. The van der Waals surface area contributed by atoms with Crippen LogP contribution < -0.4 is 5.46 Å². The molecule has 1 nitrogen and oxygen atoms in total. The highest BCUT2D eigenvalue weighted by atomic mass is 15.1. The summed E-state index contributed by atoms with van der Waals surface area (Å²) in [4.78, 5) is 2.51. The normalized spacial score (nSPS) is 25.0. The molecule has 0 N–H and O–H groups in total. The molecule has 126 valence electrons. The molecule has 2 aliphatic heterocycles. The van der Waals surface area contributed by atoms with E-state index in [4.69, 9.17) is 0 Å². The first-order valence-electron chi connectivity index (χ1n) is 9.70. The van der Waals surface area contributed by atoms with E-state index in [0.29, 0.717) is 5.41 Å². The van der Waals surface area contributed by atoms with Crippen molar-refractivity contribution in [1.82, 2.24) is 4.90 Å². The quantitative estimate of drug-likeness (QED) is 0.709. The van der Waals surface area contributed by atoms with E-state index in [-0.39, 0.29) is 0 Å². The average Bonchev–Trinajstić information content (AvgIpc) is 2.45. The van der Waals surface area contributed by atoms with Crippen molar-refractivity contribution in [2.24, 2.45) is 5.41 Å². The molecule has 3 rings (SSSR count). The van der Waals surface area contributed by atoms with Crippen molar-refractivity contribution in [3.05, 3.63) is 29.8 Å². The van der Waals surface area contributed by atoms with Gasteiger partial charge in [-0.15, -0.1) is 0 Å². The van der Waals surface area contributed by atoms with Gasteiger partial charge in [0, 0.05) is 13.1 Å². The summed E-state index contributed by atoms with van der Waals surface area (Å²) in [5.74, 6) is 1.91. The van der Waals surface area contributed by atoms with Crippen molar-refractivity contribution < 1.29 is 0 Å². The maximum atomic E-state index is 2.51. The van der Waals surface area contributed by atoms with Gasteiger partial charge >= 0.3 is 0 Å². The lowest BCUT2D eigenvalue weighted by molar-refractivity contribution is 0.221. The number of rotatable bonds is 4. The Kier molecular flexibility index (Phi) is 5.21. The number of hydrogen-bond acceptors (Lipinski definition) is 1. The third-order valence-electron chi connectivity index (χ3n) is 5.91. The van der Waals surface area contributed by atoms with Crippen LogP contribution in [0.1, 0.15) is 64.9 Å². The molecule has 0 atom stereocenters. The lowest BCUT2D eigenvalue weighted by Gasteiger charge is -2.41. The Morgan fingerprint density at radius 1 is 1.00 bits per heavy atom. The fraction of sp³-hybridized carbons (Fsp3) is 0.714. The van der Waals surface area contributed by atoms with Crippen LogP contribution in [-0.2, 0) is 6.54 Å². The molecule has 2 heteroatoms. The molecule has 2 aliphatic rings. The Bertz CT molecular complexity index is 497. The first-order chi connectivity index (χ1) is 10.9. The Balaban J connectivity index is 1.80. The van der Waals surface area contributed by atoms with Crippen LogP contribution in [0.5, 0.6) is 0 Å². The summed E-state index contributed by atoms with van der Waals surface area (Å²) in [5, 5.41) is 0. The van der Waals surface area contributed by atoms with Gasteiger partial charge in [-0.3, -0.25) is 0 Å². The molecule has 2 heterocycles. The van der Waals surface area contributed by atoms with E-state index in [1.54, 1.807) is 11.0 Å². The second-order valence-corrected chi connectivity index (χ2v) is 9.34. The number of hydrogen-bond donors (Lipinski definition) is 0. The molecular formula is C21H34BN. The summed E-state index contributed by atoms with van der Waals surface area (Å²) in [5.41, 5.74) is 3.64. The van der Waals surface area contributed by atoms with Crippen molar-refractivity contribution in [1.29, 1.82) is 0 Å². The minimum absolute atomic E-state index is 0.366. The van der Waals surface area contributed by atoms with Gasteiger partial charge in [0.1, 0.15) is 0 Å².